The molecule has 2 nitrogen and oxygen atoms in total. The van der Waals surface area contributed by atoms with E-state index in [2.05, 4.69) is 50.5 Å². The van der Waals surface area contributed by atoms with Gasteiger partial charge in [0.2, 0.25) is 0 Å². The van der Waals surface area contributed by atoms with Crippen molar-refractivity contribution < 1.29 is 0 Å². The van der Waals surface area contributed by atoms with Gasteiger partial charge in [-0.05, 0) is 74.6 Å². The molecule has 0 bridgehead atoms. The minimum Gasteiger partial charge on any atom is -0.366 e. The molecule has 122 valence electrons. The van der Waals surface area contributed by atoms with Crippen molar-refractivity contribution in [3.63, 3.8) is 0 Å². The van der Waals surface area contributed by atoms with E-state index in [1.807, 2.05) is 18.2 Å². The van der Waals surface area contributed by atoms with Crippen LogP contribution in [0.3, 0.4) is 0 Å². The molecule has 0 radical (unpaired) electrons. The van der Waals surface area contributed by atoms with E-state index in [0.717, 1.165) is 12.1 Å². The van der Waals surface area contributed by atoms with Gasteiger partial charge in [0.05, 0.1) is 10.0 Å². The summed E-state index contributed by atoms with van der Waals surface area (Å²) in [6.07, 6.45) is 1.06. The third-order valence-electron chi connectivity index (χ3n) is 4.46. The average Bonchev–Trinajstić information content (AvgIpc) is 2.44. The number of aryl methyl sites for hydroxylation is 2. The van der Waals surface area contributed by atoms with E-state index in [1.165, 1.54) is 22.3 Å². The number of halogens is 2. The lowest BCUT2D eigenvalue weighted by Crippen LogP contribution is -2.49. The van der Waals surface area contributed by atoms with Gasteiger partial charge in [0, 0.05) is 11.2 Å². The number of anilines is 1. The Bertz CT molecular complexity index is 753. The van der Waals surface area contributed by atoms with Crippen LogP contribution in [0, 0.1) is 13.8 Å². The molecular weight excluding hydrogens is 327 g/mol. The van der Waals surface area contributed by atoms with Gasteiger partial charge in [-0.1, -0.05) is 35.3 Å². The summed E-state index contributed by atoms with van der Waals surface area (Å²) in [5, 5.41) is 8.38. The Morgan fingerprint density at radius 3 is 2.43 bits per heavy atom. The second-order valence-corrected chi connectivity index (χ2v) is 7.86. The molecule has 0 spiro atoms. The van der Waals surface area contributed by atoms with Crippen LogP contribution < -0.4 is 10.6 Å². The summed E-state index contributed by atoms with van der Waals surface area (Å²) in [5.74, 6) is 0. The summed E-state index contributed by atoms with van der Waals surface area (Å²) in [6.45, 7) is 8.79. The zero-order valence-corrected chi connectivity index (χ0v) is 15.4. The third kappa shape index (κ3) is 3.50. The Morgan fingerprint density at radius 2 is 1.74 bits per heavy atom. The number of fused-ring (bicyclic) bond motifs is 1. The van der Waals surface area contributed by atoms with Gasteiger partial charge in [-0.3, -0.25) is 5.32 Å². The monoisotopic (exact) mass is 348 g/mol. The fraction of sp³-hybridized carbons (Fsp3) is 0.368. The number of nitrogens with one attached hydrogen (secondary N) is 2. The third-order valence-corrected chi connectivity index (χ3v) is 5.20. The van der Waals surface area contributed by atoms with Crippen LogP contribution in [0.1, 0.15) is 42.3 Å². The molecule has 3 rings (SSSR count). The molecule has 23 heavy (non-hydrogen) atoms. The SMILES string of the molecule is Cc1cc2c(cc1C)[C@H](Nc1ccc(Cl)c(Cl)c1)NC(C)(C)C2. The molecule has 0 amide bonds. The van der Waals surface area contributed by atoms with Crippen molar-refractivity contribution in [1.82, 2.24) is 5.32 Å². The smallest absolute Gasteiger partial charge is 0.104 e. The van der Waals surface area contributed by atoms with Gasteiger partial charge in [0.1, 0.15) is 6.17 Å². The molecule has 0 aromatic heterocycles. The Kier molecular flexibility index (Phi) is 4.35. The van der Waals surface area contributed by atoms with Crippen LogP contribution in [0.4, 0.5) is 5.69 Å². The summed E-state index contributed by atoms with van der Waals surface area (Å²) in [5.41, 5.74) is 6.34. The molecule has 4 heteroatoms. The number of rotatable bonds is 2. The van der Waals surface area contributed by atoms with E-state index >= 15 is 0 Å². The maximum absolute atomic E-state index is 6.14. The molecule has 2 aromatic rings. The average molecular weight is 349 g/mol. The van der Waals surface area contributed by atoms with Crippen LogP contribution in [0.15, 0.2) is 30.3 Å². The molecule has 0 aliphatic carbocycles. The normalized spacial score (nSPS) is 19.3. The van der Waals surface area contributed by atoms with Crippen LogP contribution >= 0.6 is 23.2 Å². The van der Waals surface area contributed by atoms with Gasteiger partial charge < -0.3 is 5.32 Å². The van der Waals surface area contributed by atoms with Gasteiger partial charge in [-0.15, -0.1) is 0 Å². The van der Waals surface area contributed by atoms with Gasteiger partial charge in [0.15, 0.2) is 0 Å². The molecule has 0 unspecified atom stereocenters. The quantitative estimate of drug-likeness (QED) is 0.733. The lowest BCUT2D eigenvalue weighted by Gasteiger charge is -2.40. The molecule has 2 N–H and O–H groups in total. The van der Waals surface area contributed by atoms with Crippen molar-refractivity contribution in [2.75, 3.05) is 5.32 Å². The largest absolute Gasteiger partial charge is 0.366 e. The zero-order chi connectivity index (χ0) is 16.8. The first-order chi connectivity index (χ1) is 10.7. The molecule has 1 aliphatic heterocycles. The summed E-state index contributed by atoms with van der Waals surface area (Å²) in [6, 6.07) is 10.2. The van der Waals surface area contributed by atoms with Crippen molar-refractivity contribution in [2.45, 2.75) is 45.8 Å². The van der Waals surface area contributed by atoms with Crippen LogP contribution in [0.25, 0.3) is 0 Å². The predicted molar refractivity (Wildman–Crippen MR) is 99.7 cm³/mol. The topological polar surface area (TPSA) is 24.1 Å². The molecule has 1 heterocycles. The molecule has 0 fully saturated rings. The minimum atomic E-state index is 0.0303. The van der Waals surface area contributed by atoms with E-state index in [0.29, 0.717) is 10.0 Å². The minimum absolute atomic E-state index is 0.0303. The van der Waals surface area contributed by atoms with Crippen molar-refractivity contribution in [1.29, 1.82) is 0 Å². The highest BCUT2D eigenvalue weighted by Gasteiger charge is 2.31. The van der Waals surface area contributed by atoms with Crippen LogP contribution in [0.2, 0.25) is 10.0 Å². The van der Waals surface area contributed by atoms with E-state index in [4.69, 9.17) is 23.2 Å². The molecular formula is C19H22Cl2N2. The Morgan fingerprint density at radius 1 is 1.04 bits per heavy atom. The summed E-state index contributed by atoms with van der Waals surface area (Å²) < 4.78 is 0. The first-order valence-corrected chi connectivity index (χ1v) is 8.60. The van der Waals surface area contributed by atoms with Crippen LogP contribution in [-0.2, 0) is 6.42 Å². The van der Waals surface area contributed by atoms with Crippen LogP contribution in [0.5, 0.6) is 0 Å². The second kappa shape index (κ2) is 6.01. The summed E-state index contributed by atoms with van der Waals surface area (Å²) >= 11 is 12.2. The fourth-order valence-corrected chi connectivity index (χ4v) is 3.48. The highest BCUT2D eigenvalue weighted by molar-refractivity contribution is 6.42. The van der Waals surface area contributed by atoms with Crippen molar-refractivity contribution in [3.8, 4) is 0 Å². The van der Waals surface area contributed by atoms with Gasteiger partial charge in [-0.25, -0.2) is 0 Å². The number of hydrogen-bond donors (Lipinski definition) is 2. The first-order valence-electron chi connectivity index (χ1n) is 7.84. The van der Waals surface area contributed by atoms with Crippen molar-refractivity contribution >= 4 is 28.9 Å². The summed E-state index contributed by atoms with van der Waals surface area (Å²) in [4.78, 5) is 0. The van der Waals surface area contributed by atoms with Gasteiger partial charge in [0.25, 0.3) is 0 Å². The van der Waals surface area contributed by atoms with Crippen molar-refractivity contribution in [3.05, 3.63) is 62.6 Å². The van der Waals surface area contributed by atoms with Gasteiger partial charge in [-0.2, -0.15) is 0 Å². The zero-order valence-electron chi connectivity index (χ0n) is 13.9. The number of benzene rings is 2. The second-order valence-electron chi connectivity index (χ2n) is 7.05. The molecule has 2 aromatic carbocycles. The lowest BCUT2D eigenvalue weighted by atomic mass is 9.84. The molecule has 1 atom stereocenters. The number of hydrogen-bond acceptors (Lipinski definition) is 2. The van der Waals surface area contributed by atoms with E-state index < -0.39 is 0 Å². The van der Waals surface area contributed by atoms with Crippen LogP contribution in [-0.4, -0.2) is 5.54 Å². The molecule has 1 aliphatic rings. The molecule has 0 saturated heterocycles. The molecule has 0 saturated carbocycles. The Balaban J connectivity index is 1.98. The maximum atomic E-state index is 6.14. The maximum Gasteiger partial charge on any atom is 0.104 e. The van der Waals surface area contributed by atoms with E-state index in [9.17, 15) is 0 Å². The Labute approximate surface area is 148 Å². The highest BCUT2D eigenvalue weighted by atomic mass is 35.5. The van der Waals surface area contributed by atoms with Crippen molar-refractivity contribution in [2.24, 2.45) is 0 Å². The Hall–Kier alpha value is -1.22. The van der Waals surface area contributed by atoms with E-state index in [-0.39, 0.29) is 11.7 Å². The summed E-state index contributed by atoms with van der Waals surface area (Å²) in [7, 11) is 0. The standard InChI is InChI=1S/C19H22Cl2N2/c1-11-7-13-10-19(3,4)23-18(15(13)8-12(11)2)22-14-5-6-16(20)17(21)9-14/h5-9,18,22-23H,10H2,1-4H3/t18-/m1/s1. The van der Waals surface area contributed by atoms with E-state index in [1.54, 1.807) is 0 Å². The fourth-order valence-electron chi connectivity index (χ4n) is 3.18. The van der Waals surface area contributed by atoms with Gasteiger partial charge >= 0.3 is 0 Å². The highest BCUT2D eigenvalue weighted by Crippen LogP contribution is 2.34. The predicted octanol–water partition coefficient (Wildman–Crippen LogP) is 5.65. The lowest BCUT2D eigenvalue weighted by molar-refractivity contribution is 0.326. The first kappa shape index (κ1) is 16.6.